The molecule has 2 fully saturated rings. The zero-order valence-corrected chi connectivity index (χ0v) is 26.0. The molecule has 0 saturated carbocycles. The van der Waals surface area contributed by atoms with Gasteiger partial charge in [0.2, 0.25) is 0 Å². The molecule has 7 nitrogen and oxygen atoms in total. The molecule has 3 heterocycles. The number of fused-ring (bicyclic) bond motifs is 1. The highest BCUT2D eigenvalue weighted by atomic mass is 16.5. The van der Waals surface area contributed by atoms with Crippen LogP contribution in [0.15, 0.2) is 66.7 Å². The molecule has 0 aliphatic carbocycles. The number of anilines is 1. The lowest BCUT2D eigenvalue weighted by atomic mass is 9.86. The van der Waals surface area contributed by atoms with E-state index in [0.717, 1.165) is 82.7 Å². The van der Waals surface area contributed by atoms with Crippen LogP contribution in [0.2, 0.25) is 0 Å². The number of ether oxygens (including phenoxy) is 2. The highest BCUT2D eigenvalue weighted by Crippen LogP contribution is 2.42. The first-order chi connectivity index (χ1) is 21.1. The van der Waals surface area contributed by atoms with E-state index in [4.69, 9.17) is 9.47 Å². The minimum atomic E-state index is -0.0323. The molecule has 0 N–H and O–H groups in total. The number of methoxy groups -OCH3 is 2. The van der Waals surface area contributed by atoms with Gasteiger partial charge in [-0.05, 0) is 80.2 Å². The molecular weight excluding hydrogens is 536 g/mol. The topological polar surface area (TPSA) is 48.5 Å². The van der Waals surface area contributed by atoms with Crippen LogP contribution in [0.3, 0.4) is 0 Å². The smallest absolute Gasteiger partial charge is 0.255 e. The molecule has 6 rings (SSSR count). The maximum atomic E-state index is 14.2. The van der Waals surface area contributed by atoms with Crippen molar-refractivity contribution in [2.24, 2.45) is 5.92 Å². The minimum absolute atomic E-state index is 0.0323. The first-order valence-electron chi connectivity index (χ1n) is 16.0. The summed E-state index contributed by atoms with van der Waals surface area (Å²) in [5.41, 5.74) is 5.75. The van der Waals surface area contributed by atoms with Gasteiger partial charge in [-0.15, -0.1) is 0 Å². The van der Waals surface area contributed by atoms with E-state index in [1.807, 2.05) is 12.1 Å². The van der Waals surface area contributed by atoms with E-state index >= 15 is 0 Å². The fourth-order valence-corrected chi connectivity index (χ4v) is 7.23. The first kappa shape index (κ1) is 29.5. The van der Waals surface area contributed by atoms with E-state index in [1.165, 1.54) is 16.8 Å². The number of likely N-dealkylation sites (N-methyl/N-ethyl adjacent to an activating group) is 1. The van der Waals surface area contributed by atoms with Crippen LogP contribution in [-0.2, 0) is 13.1 Å². The molecule has 1 amide bonds. The Morgan fingerprint density at radius 2 is 1.56 bits per heavy atom. The number of amides is 1. The Morgan fingerprint density at radius 3 is 2.26 bits per heavy atom. The van der Waals surface area contributed by atoms with Crippen molar-refractivity contribution in [3.8, 4) is 11.5 Å². The average Bonchev–Trinajstić information content (AvgIpc) is 3.40. The average molecular weight is 583 g/mol. The van der Waals surface area contributed by atoms with E-state index in [0.29, 0.717) is 24.0 Å². The highest BCUT2D eigenvalue weighted by molar-refractivity contribution is 6.00. The summed E-state index contributed by atoms with van der Waals surface area (Å²) in [7, 11) is 3.35. The molecule has 1 atom stereocenters. The first-order valence-corrected chi connectivity index (χ1v) is 16.0. The van der Waals surface area contributed by atoms with Crippen molar-refractivity contribution in [3.05, 3.63) is 89.0 Å². The summed E-state index contributed by atoms with van der Waals surface area (Å²) in [5.74, 6) is 2.11. The maximum absolute atomic E-state index is 14.2. The number of piperidine rings is 1. The van der Waals surface area contributed by atoms with Gasteiger partial charge in [-0.25, -0.2) is 0 Å². The van der Waals surface area contributed by atoms with Crippen LogP contribution in [-0.4, -0.2) is 80.6 Å². The fraction of sp³-hybridized carbons (Fsp3) is 0.472. The summed E-state index contributed by atoms with van der Waals surface area (Å²) < 4.78 is 11.3. The Balaban J connectivity index is 1.23. The third-order valence-electron chi connectivity index (χ3n) is 9.81. The lowest BCUT2D eigenvalue weighted by molar-refractivity contribution is 0.0646. The molecule has 3 aromatic rings. The summed E-state index contributed by atoms with van der Waals surface area (Å²) in [6.07, 6.45) is 3.22. The highest BCUT2D eigenvalue weighted by Gasteiger charge is 2.38. The number of carbonyl (C=O) groups is 1. The van der Waals surface area contributed by atoms with Gasteiger partial charge >= 0.3 is 0 Å². The van der Waals surface area contributed by atoms with E-state index in [-0.39, 0.29) is 11.9 Å². The Bertz CT molecular complexity index is 1380. The Labute approximate surface area is 257 Å². The zero-order valence-electron chi connectivity index (χ0n) is 26.0. The van der Waals surface area contributed by atoms with Crippen LogP contribution < -0.4 is 14.4 Å². The van der Waals surface area contributed by atoms with Gasteiger partial charge in [0.15, 0.2) is 11.5 Å². The molecule has 2 saturated heterocycles. The van der Waals surface area contributed by atoms with Gasteiger partial charge in [0.25, 0.3) is 5.91 Å². The van der Waals surface area contributed by atoms with Crippen LogP contribution >= 0.6 is 0 Å². The predicted molar refractivity (Wildman–Crippen MR) is 172 cm³/mol. The van der Waals surface area contributed by atoms with Crippen LogP contribution in [0.4, 0.5) is 5.69 Å². The molecule has 0 radical (unpaired) electrons. The predicted octanol–water partition coefficient (Wildman–Crippen LogP) is 5.85. The SMILES string of the molecule is CCN1CCN(c2cccc3c2CN(C(CC2CCN(Cc4ccccc4)CC2)c2ccc(OC)c(OC)c2)C3=O)CC1. The summed E-state index contributed by atoms with van der Waals surface area (Å²) in [4.78, 5) is 23.8. The number of carbonyl (C=O) groups excluding carboxylic acids is 1. The van der Waals surface area contributed by atoms with Gasteiger partial charge in [0, 0.05) is 56.1 Å². The van der Waals surface area contributed by atoms with Crippen molar-refractivity contribution in [1.82, 2.24) is 14.7 Å². The van der Waals surface area contributed by atoms with Gasteiger partial charge in [-0.1, -0.05) is 49.4 Å². The Hall–Kier alpha value is -3.55. The van der Waals surface area contributed by atoms with Crippen molar-refractivity contribution in [2.75, 3.05) is 64.9 Å². The summed E-state index contributed by atoms with van der Waals surface area (Å²) in [6, 6.07) is 23.2. The van der Waals surface area contributed by atoms with Gasteiger partial charge in [-0.3, -0.25) is 9.69 Å². The Morgan fingerprint density at radius 1 is 0.814 bits per heavy atom. The van der Waals surface area contributed by atoms with Crippen LogP contribution in [0.25, 0.3) is 0 Å². The fourth-order valence-electron chi connectivity index (χ4n) is 7.23. The molecule has 0 aromatic heterocycles. The lowest BCUT2D eigenvalue weighted by Gasteiger charge is -2.37. The van der Waals surface area contributed by atoms with Crippen molar-refractivity contribution < 1.29 is 14.3 Å². The third kappa shape index (κ3) is 6.38. The molecule has 0 bridgehead atoms. The maximum Gasteiger partial charge on any atom is 0.255 e. The van der Waals surface area contributed by atoms with Crippen LogP contribution in [0, 0.1) is 5.92 Å². The quantitative estimate of drug-likeness (QED) is 0.299. The van der Waals surface area contributed by atoms with Gasteiger partial charge < -0.3 is 24.2 Å². The number of nitrogens with zero attached hydrogens (tertiary/aromatic N) is 4. The normalized spacial score (nSPS) is 19.0. The minimum Gasteiger partial charge on any atom is -0.493 e. The monoisotopic (exact) mass is 582 g/mol. The largest absolute Gasteiger partial charge is 0.493 e. The van der Waals surface area contributed by atoms with Crippen LogP contribution in [0.5, 0.6) is 11.5 Å². The zero-order chi connectivity index (χ0) is 29.8. The number of hydrogen-bond donors (Lipinski definition) is 0. The summed E-state index contributed by atoms with van der Waals surface area (Å²) in [5, 5.41) is 0. The molecule has 3 aliphatic heterocycles. The standard InChI is InChI=1S/C36H46N4O3/c1-4-37-19-21-39(22-20-37)32-12-8-11-30-31(32)26-40(36(30)41)33(29-13-14-34(42-2)35(24-29)43-3)23-27-15-17-38(18-16-27)25-28-9-6-5-7-10-28/h5-14,24,27,33H,4,15-23,25-26H2,1-3H3. The van der Waals surface area contributed by atoms with E-state index in [9.17, 15) is 4.79 Å². The molecule has 228 valence electrons. The molecule has 0 spiro atoms. The van der Waals surface area contributed by atoms with Crippen molar-refractivity contribution >= 4 is 11.6 Å². The molecule has 7 heteroatoms. The second-order valence-corrected chi connectivity index (χ2v) is 12.2. The Kier molecular flexibility index (Phi) is 9.20. The summed E-state index contributed by atoms with van der Waals surface area (Å²) in [6.45, 7) is 11.3. The molecule has 3 aromatic carbocycles. The number of likely N-dealkylation sites (tertiary alicyclic amines) is 1. The summed E-state index contributed by atoms with van der Waals surface area (Å²) >= 11 is 0. The van der Waals surface area contributed by atoms with E-state index in [2.05, 4.69) is 81.1 Å². The molecule has 3 aliphatic rings. The van der Waals surface area contributed by atoms with Gasteiger partial charge in [0.1, 0.15) is 0 Å². The molecule has 1 unspecified atom stereocenters. The van der Waals surface area contributed by atoms with Gasteiger partial charge in [-0.2, -0.15) is 0 Å². The van der Waals surface area contributed by atoms with E-state index in [1.54, 1.807) is 14.2 Å². The van der Waals surface area contributed by atoms with Crippen LogP contribution in [0.1, 0.15) is 59.3 Å². The van der Waals surface area contributed by atoms with Crippen molar-refractivity contribution in [2.45, 2.75) is 45.3 Å². The number of piperazine rings is 1. The van der Waals surface area contributed by atoms with Crippen molar-refractivity contribution in [3.63, 3.8) is 0 Å². The second-order valence-electron chi connectivity index (χ2n) is 12.2. The van der Waals surface area contributed by atoms with Crippen molar-refractivity contribution in [1.29, 1.82) is 0 Å². The number of benzene rings is 3. The van der Waals surface area contributed by atoms with Gasteiger partial charge in [0.05, 0.1) is 20.3 Å². The third-order valence-corrected chi connectivity index (χ3v) is 9.81. The van der Waals surface area contributed by atoms with E-state index < -0.39 is 0 Å². The molecular formula is C36H46N4O3. The lowest BCUT2D eigenvalue weighted by Crippen LogP contribution is -2.46. The number of hydrogen-bond acceptors (Lipinski definition) is 6. The molecule has 43 heavy (non-hydrogen) atoms. The number of rotatable bonds is 10. The second kappa shape index (κ2) is 13.4.